The molecule has 0 N–H and O–H groups in total. The molecule has 0 aromatic rings. The number of hydrogen-bond donors (Lipinski definition) is 3. The summed E-state index contributed by atoms with van der Waals surface area (Å²) in [5.74, 6) is -3.10. The van der Waals surface area contributed by atoms with Gasteiger partial charge in [-0.2, -0.15) is 37.9 Å². The maximum Gasteiger partial charge on any atom is 3.00 e. The molecule has 0 aliphatic rings. The van der Waals surface area contributed by atoms with Crippen LogP contribution in [0.2, 0.25) is 0 Å². The third-order valence-corrected chi connectivity index (χ3v) is 9.39. The largest absolute Gasteiger partial charge is 3.00 e. The Morgan fingerprint density at radius 1 is 0.450 bits per heavy atom. The second-order valence-corrected chi connectivity index (χ2v) is 13.0. The third kappa shape index (κ3) is 22.8. The van der Waals surface area contributed by atoms with Crippen molar-refractivity contribution < 1.29 is 52.1 Å². The first kappa shape index (κ1) is 47.1. The zero-order valence-corrected chi connectivity index (χ0v) is 30.7. The summed E-state index contributed by atoms with van der Waals surface area (Å²) in [7, 11) is 0. The molecule has 0 fully saturated rings. The van der Waals surface area contributed by atoms with Gasteiger partial charge in [-0.1, -0.05) is 119 Å². The molecule has 0 aromatic carbocycles. The minimum Gasteiger partial charge on any atom is -0.549 e. The number of carbonyl (C=O) groups excluding carboxylic acids is 3. The first-order valence-electron chi connectivity index (χ1n) is 15.0. The Morgan fingerprint density at radius 3 is 0.775 bits per heavy atom. The van der Waals surface area contributed by atoms with Crippen molar-refractivity contribution in [3.05, 3.63) is 0 Å². The van der Waals surface area contributed by atoms with Crippen LogP contribution < -0.4 is 15.3 Å². The van der Waals surface area contributed by atoms with E-state index in [1.54, 1.807) is 0 Å². The number of rotatable bonds is 21. The van der Waals surface area contributed by atoms with E-state index in [1.165, 1.54) is 19.3 Å². The van der Waals surface area contributed by atoms with Crippen LogP contribution in [0.4, 0.5) is 0 Å². The number of carboxylic acids is 3. The van der Waals surface area contributed by atoms with Crippen LogP contribution in [-0.2, 0) is 36.8 Å². The fraction of sp³-hybridized carbons (Fsp3) is 0.900. The average Bonchev–Trinajstić information content (AvgIpc) is 2.91. The van der Waals surface area contributed by atoms with Crippen LogP contribution >= 0.6 is 37.9 Å². The smallest absolute Gasteiger partial charge is 0.549 e. The zero-order valence-electron chi connectivity index (χ0n) is 25.8. The van der Waals surface area contributed by atoms with E-state index in [9.17, 15) is 29.7 Å². The van der Waals surface area contributed by atoms with Crippen molar-refractivity contribution in [2.24, 2.45) is 0 Å². The van der Waals surface area contributed by atoms with Crippen LogP contribution in [0.5, 0.6) is 0 Å². The van der Waals surface area contributed by atoms with Crippen molar-refractivity contribution in [3.63, 3.8) is 0 Å². The number of aliphatic carboxylic acids is 3. The van der Waals surface area contributed by atoms with Gasteiger partial charge in [0.15, 0.2) is 0 Å². The van der Waals surface area contributed by atoms with Crippen LogP contribution in [0.3, 0.4) is 0 Å². The minimum absolute atomic E-state index is 0. The third-order valence-electron chi connectivity index (χ3n) is 7.23. The molecule has 0 radical (unpaired) electrons. The van der Waals surface area contributed by atoms with Gasteiger partial charge in [0.1, 0.15) is 0 Å². The normalized spacial score (nSPS) is 14.9. The molecule has 0 rings (SSSR count). The Labute approximate surface area is 277 Å². The molecule has 242 valence electrons. The van der Waals surface area contributed by atoms with Crippen molar-refractivity contribution in [1.82, 2.24) is 0 Å². The molecular formula is C30H57AuO6S3. The molecule has 0 heterocycles. The molecule has 0 bridgehead atoms. The van der Waals surface area contributed by atoms with E-state index in [0.717, 1.165) is 57.8 Å². The van der Waals surface area contributed by atoms with Crippen molar-refractivity contribution in [3.8, 4) is 0 Å². The van der Waals surface area contributed by atoms with Gasteiger partial charge in [0.05, 0.1) is 32.1 Å². The Hall–Kier alpha value is 0.200. The summed E-state index contributed by atoms with van der Waals surface area (Å²) in [5, 5.41) is 32.2. The van der Waals surface area contributed by atoms with E-state index in [0.29, 0.717) is 38.5 Å². The van der Waals surface area contributed by atoms with Crippen LogP contribution in [0, 0.1) is 0 Å². The van der Waals surface area contributed by atoms with E-state index in [-0.39, 0.29) is 22.4 Å². The van der Waals surface area contributed by atoms with Crippen LogP contribution in [0.15, 0.2) is 0 Å². The Balaban J connectivity index is -0.000000240. The van der Waals surface area contributed by atoms with Gasteiger partial charge in [-0.05, 0) is 38.5 Å². The van der Waals surface area contributed by atoms with Crippen molar-refractivity contribution in [1.29, 1.82) is 0 Å². The van der Waals surface area contributed by atoms with E-state index >= 15 is 0 Å². The number of carboxylic acid groups (broad SMARTS) is 3. The minimum atomic E-state index is -1.03. The number of unbranched alkanes of at least 4 members (excludes halogenated alkanes) is 9. The fourth-order valence-corrected chi connectivity index (χ4v) is 4.28. The summed E-state index contributed by atoms with van der Waals surface area (Å²) in [5.41, 5.74) is 0. The van der Waals surface area contributed by atoms with Crippen molar-refractivity contribution >= 4 is 55.8 Å². The standard InChI is InChI=1S/3C10H20O2S.Au/c3*1-3-5-6-7-8-10(13,4-2)9(11)12;/h3*13H,3-8H2,1-2H3,(H,11,12);/q;;;+3/p-3. The molecule has 10 heteroatoms. The first-order chi connectivity index (χ1) is 18.2. The molecular weight excluding hydrogens is 749 g/mol. The second kappa shape index (κ2) is 28.0. The average molecular weight is 807 g/mol. The van der Waals surface area contributed by atoms with Gasteiger partial charge < -0.3 is 29.7 Å². The number of carbonyl (C=O) groups is 3. The monoisotopic (exact) mass is 806 g/mol. The number of thiol groups is 3. The molecule has 0 amide bonds. The van der Waals surface area contributed by atoms with E-state index in [4.69, 9.17) is 0 Å². The van der Waals surface area contributed by atoms with Crippen molar-refractivity contribution in [2.75, 3.05) is 0 Å². The second-order valence-electron chi connectivity index (χ2n) is 10.4. The quantitative estimate of drug-likeness (QED) is 0.0818. The predicted molar refractivity (Wildman–Crippen MR) is 167 cm³/mol. The topological polar surface area (TPSA) is 120 Å². The van der Waals surface area contributed by atoms with Gasteiger partial charge in [0.25, 0.3) is 0 Å². The summed E-state index contributed by atoms with van der Waals surface area (Å²) >= 11 is 12.5. The maximum absolute atomic E-state index is 10.7. The first-order valence-corrected chi connectivity index (χ1v) is 16.4. The molecule has 0 aromatic heterocycles. The SMILES string of the molecule is CCCCCCC(S)(CC)C(=O)[O-].CCCCCCC(S)(CC)C(=O)[O-].CCCCCCC(S)(CC)C(=O)[O-].[Au+3]. The van der Waals surface area contributed by atoms with Gasteiger partial charge in [0.2, 0.25) is 0 Å². The van der Waals surface area contributed by atoms with Gasteiger partial charge in [-0.15, -0.1) is 0 Å². The van der Waals surface area contributed by atoms with E-state index in [1.807, 2.05) is 20.8 Å². The molecule has 0 saturated carbocycles. The summed E-state index contributed by atoms with van der Waals surface area (Å²) in [6.45, 7) is 11.9. The summed E-state index contributed by atoms with van der Waals surface area (Å²) in [6.07, 6.45) is 16.5. The van der Waals surface area contributed by atoms with Gasteiger partial charge >= 0.3 is 22.4 Å². The van der Waals surface area contributed by atoms with E-state index in [2.05, 4.69) is 58.7 Å². The summed E-state index contributed by atoms with van der Waals surface area (Å²) in [6, 6.07) is 0. The molecule has 40 heavy (non-hydrogen) atoms. The van der Waals surface area contributed by atoms with Gasteiger partial charge in [-0.25, -0.2) is 0 Å². The molecule has 0 saturated heterocycles. The Bertz CT molecular complexity index is 569. The van der Waals surface area contributed by atoms with Crippen LogP contribution in [0.1, 0.15) is 157 Å². The number of hydrogen-bond acceptors (Lipinski definition) is 9. The fourth-order valence-electron chi connectivity index (χ4n) is 3.80. The molecule has 0 spiro atoms. The molecule has 3 atom stereocenters. The van der Waals surface area contributed by atoms with E-state index < -0.39 is 32.1 Å². The predicted octanol–water partition coefficient (Wildman–Crippen LogP) is 5.35. The van der Waals surface area contributed by atoms with Gasteiger partial charge in [0, 0.05) is 0 Å². The van der Waals surface area contributed by atoms with Crippen LogP contribution in [0.25, 0.3) is 0 Å². The van der Waals surface area contributed by atoms with Gasteiger partial charge in [-0.3, -0.25) is 0 Å². The molecule has 0 aliphatic carbocycles. The Kier molecular flexibility index (Phi) is 33.0. The maximum atomic E-state index is 10.7. The molecule has 0 aliphatic heterocycles. The summed E-state index contributed by atoms with van der Waals surface area (Å²) in [4.78, 5) is 32.2. The summed E-state index contributed by atoms with van der Waals surface area (Å²) < 4.78 is -2.73. The Morgan fingerprint density at radius 2 is 0.650 bits per heavy atom. The van der Waals surface area contributed by atoms with Crippen molar-refractivity contribution in [2.45, 2.75) is 171 Å². The zero-order chi connectivity index (χ0) is 31.0. The molecule has 6 nitrogen and oxygen atoms in total. The van der Waals surface area contributed by atoms with Crippen LogP contribution in [-0.4, -0.2) is 32.1 Å². The molecule has 3 unspecified atom stereocenters.